The molecule has 0 aromatic heterocycles. The van der Waals surface area contributed by atoms with Gasteiger partial charge in [0.15, 0.2) is 11.5 Å². The predicted molar refractivity (Wildman–Crippen MR) is 104 cm³/mol. The third-order valence-electron chi connectivity index (χ3n) is 3.60. The van der Waals surface area contributed by atoms with Crippen molar-refractivity contribution in [2.75, 3.05) is 33.2 Å². The Morgan fingerprint density at radius 1 is 1.12 bits per heavy atom. The molecule has 0 fully saturated rings. The average Bonchev–Trinajstić information content (AvgIpc) is 2.59. The van der Waals surface area contributed by atoms with Crippen LogP contribution in [0.2, 0.25) is 0 Å². The van der Waals surface area contributed by atoms with E-state index in [0.717, 1.165) is 14.8 Å². The lowest BCUT2D eigenvalue weighted by molar-refractivity contribution is 0.0949. The molecule has 6 heteroatoms. The van der Waals surface area contributed by atoms with Crippen LogP contribution in [0.5, 0.6) is 11.5 Å². The molecule has 0 aliphatic carbocycles. The van der Waals surface area contributed by atoms with Crippen LogP contribution >= 0.6 is 22.6 Å². The minimum atomic E-state index is -0.143. The lowest BCUT2D eigenvalue weighted by Gasteiger charge is -2.14. The van der Waals surface area contributed by atoms with Crippen LogP contribution in [0.3, 0.4) is 0 Å². The van der Waals surface area contributed by atoms with E-state index in [1.807, 2.05) is 37.2 Å². The number of hydrogen-bond donors (Lipinski definition) is 1. The molecule has 128 valence electrons. The fourth-order valence-electron chi connectivity index (χ4n) is 2.25. The summed E-state index contributed by atoms with van der Waals surface area (Å²) in [6, 6.07) is 11.6. The van der Waals surface area contributed by atoms with Crippen LogP contribution in [0, 0.1) is 3.57 Å². The van der Waals surface area contributed by atoms with Crippen LogP contribution in [0.15, 0.2) is 36.4 Å². The zero-order valence-corrected chi connectivity index (χ0v) is 16.4. The SMILES string of the molecule is COc1cc(I)c(C(=O)NCc2cccc(N(C)C)c2)cc1OC. The van der Waals surface area contributed by atoms with Crippen LogP contribution in [-0.4, -0.2) is 34.2 Å². The summed E-state index contributed by atoms with van der Waals surface area (Å²) in [6.45, 7) is 0.463. The van der Waals surface area contributed by atoms with Crippen molar-refractivity contribution in [3.63, 3.8) is 0 Å². The van der Waals surface area contributed by atoms with Crippen molar-refractivity contribution in [2.45, 2.75) is 6.54 Å². The van der Waals surface area contributed by atoms with E-state index in [1.165, 1.54) is 0 Å². The van der Waals surface area contributed by atoms with Crippen molar-refractivity contribution >= 4 is 34.2 Å². The molecule has 0 spiro atoms. The molecular formula is C18H21IN2O3. The Morgan fingerprint density at radius 2 is 1.79 bits per heavy atom. The maximum atomic E-state index is 12.5. The zero-order valence-electron chi connectivity index (χ0n) is 14.2. The van der Waals surface area contributed by atoms with E-state index in [4.69, 9.17) is 9.47 Å². The number of methoxy groups -OCH3 is 2. The normalized spacial score (nSPS) is 10.2. The molecule has 1 amide bonds. The average molecular weight is 440 g/mol. The molecule has 0 radical (unpaired) electrons. The molecule has 0 atom stereocenters. The maximum Gasteiger partial charge on any atom is 0.252 e. The van der Waals surface area contributed by atoms with Crippen molar-refractivity contribution in [3.05, 3.63) is 51.1 Å². The number of ether oxygens (including phenoxy) is 2. The Kier molecular flexibility index (Phi) is 6.30. The number of benzene rings is 2. The number of anilines is 1. The molecule has 0 saturated heterocycles. The Morgan fingerprint density at radius 3 is 2.42 bits per heavy atom. The first-order valence-corrected chi connectivity index (χ1v) is 8.50. The van der Waals surface area contributed by atoms with Gasteiger partial charge in [0.2, 0.25) is 0 Å². The van der Waals surface area contributed by atoms with E-state index < -0.39 is 0 Å². The first kappa shape index (κ1) is 18.4. The second-order valence-electron chi connectivity index (χ2n) is 5.43. The van der Waals surface area contributed by atoms with Gasteiger partial charge in [-0.15, -0.1) is 0 Å². The summed E-state index contributed by atoms with van der Waals surface area (Å²) >= 11 is 2.12. The first-order chi connectivity index (χ1) is 11.5. The van der Waals surface area contributed by atoms with Gasteiger partial charge in [-0.2, -0.15) is 0 Å². The third-order valence-corrected chi connectivity index (χ3v) is 4.49. The molecule has 0 bridgehead atoms. The number of amides is 1. The van der Waals surface area contributed by atoms with E-state index in [-0.39, 0.29) is 5.91 Å². The highest BCUT2D eigenvalue weighted by Gasteiger charge is 2.15. The van der Waals surface area contributed by atoms with Gasteiger partial charge in [-0.1, -0.05) is 12.1 Å². The monoisotopic (exact) mass is 440 g/mol. The standard InChI is InChI=1S/C18H21IN2O3/c1-21(2)13-7-5-6-12(8-13)11-20-18(22)14-9-16(23-3)17(24-4)10-15(14)19/h5-10H,11H2,1-4H3,(H,20,22). The van der Waals surface area contributed by atoms with Crippen molar-refractivity contribution in [1.82, 2.24) is 5.32 Å². The molecule has 5 nitrogen and oxygen atoms in total. The highest BCUT2D eigenvalue weighted by Crippen LogP contribution is 2.31. The van der Waals surface area contributed by atoms with Crippen LogP contribution in [-0.2, 0) is 6.54 Å². The Hall–Kier alpha value is -1.96. The number of carbonyl (C=O) groups is 1. The number of rotatable bonds is 6. The summed E-state index contributed by atoms with van der Waals surface area (Å²) in [5.74, 6) is 1.01. The summed E-state index contributed by atoms with van der Waals surface area (Å²) in [5, 5.41) is 2.95. The van der Waals surface area contributed by atoms with Crippen molar-refractivity contribution in [2.24, 2.45) is 0 Å². The summed E-state index contributed by atoms with van der Waals surface area (Å²) in [7, 11) is 7.11. The van der Waals surface area contributed by atoms with Gasteiger partial charge in [-0.3, -0.25) is 4.79 Å². The maximum absolute atomic E-state index is 12.5. The number of halogens is 1. The number of nitrogens with one attached hydrogen (secondary N) is 1. The lowest BCUT2D eigenvalue weighted by atomic mass is 10.1. The Balaban J connectivity index is 2.14. The molecule has 2 aromatic carbocycles. The van der Waals surface area contributed by atoms with E-state index in [0.29, 0.717) is 23.6 Å². The highest BCUT2D eigenvalue weighted by atomic mass is 127. The molecule has 2 rings (SSSR count). The van der Waals surface area contributed by atoms with E-state index in [2.05, 4.69) is 34.0 Å². The predicted octanol–water partition coefficient (Wildman–Crippen LogP) is 3.30. The molecule has 24 heavy (non-hydrogen) atoms. The van der Waals surface area contributed by atoms with Crippen molar-refractivity contribution in [1.29, 1.82) is 0 Å². The molecule has 0 aliphatic heterocycles. The molecule has 0 aliphatic rings. The number of hydrogen-bond acceptors (Lipinski definition) is 4. The first-order valence-electron chi connectivity index (χ1n) is 7.42. The third kappa shape index (κ3) is 4.31. The van der Waals surface area contributed by atoms with Gasteiger partial charge in [-0.25, -0.2) is 0 Å². The molecule has 1 N–H and O–H groups in total. The van der Waals surface area contributed by atoms with Crippen LogP contribution < -0.4 is 19.7 Å². The molecule has 2 aromatic rings. The van der Waals surface area contributed by atoms with Crippen LogP contribution in [0.1, 0.15) is 15.9 Å². The lowest BCUT2D eigenvalue weighted by Crippen LogP contribution is -2.24. The molecular weight excluding hydrogens is 419 g/mol. The number of nitrogens with zero attached hydrogens (tertiary/aromatic N) is 1. The summed E-state index contributed by atoms with van der Waals surface area (Å²) in [5.41, 5.74) is 2.71. The second kappa shape index (κ2) is 8.23. The van der Waals surface area contributed by atoms with Gasteiger partial charge in [0, 0.05) is 29.9 Å². The van der Waals surface area contributed by atoms with E-state index >= 15 is 0 Å². The van der Waals surface area contributed by atoms with E-state index in [9.17, 15) is 4.79 Å². The topological polar surface area (TPSA) is 50.8 Å². The largest absolute Gasteiger partial charge is 0.493 e. The van der Waals surface area contributed by atoms with Gasteiger partial charge in [0.05, 0.1) is 19.8 Å². The quantitative estimate of drug-likeness (QED) is 0.701. The highest BCUT2D eigenvalue weighted by molar-refractivity contribution is 14.1. The van der Waals surface area contributed by atoms with E-state index in [1.54, 1.807) is 26.4 Å². The Labute approximate surface area is 156 Å². The second-order valence-corrected chi connectivity index (χ2v) is 6.60. The van der Waals surface area contributed by atoms with Gasteiger partial charge >= 0.3 is 0 Å². The zero-order chi connectivity index (χ0) is 17.7. The van der Waals surface area contributed by atoms with Gasteiger partial charge < -0.3 is 19.7 Å². The fraction of sp³-hybridized carbons (Fsp3) is 0.278. The van der Waals surface area contributed by atoms with Crippen molar-refractivity contribution < 1.29 is 14.3 Å². The summed E-state index contributed by atoms with van der Waals surface area (Å²) in [6.07, 6.45) is 0. The van der Waals surface area contributed by atoms with Crippen LogP contribution in [0.4, 0.5) is 5.69 Å². The minimum Gasteiger partial charge on any atom is -0.493 e. The number of carbonyl (C=O) groups excluding carboxylic acids is 1. The molecule has 0 unspecified atom stereocenters. The van der Waals surface area contributed by atoms with Crippen molar-refractivity contribution in [3.8, 4) is 11.5 Å². The van der Waals surface area contributed by atoms with Gasteiger partial charge in [0.25, 0.3) is 5.91 Å². The minimum absolute atomic E-state index is 0.143. The van der Waals surface area contributed by atoms with Gasteiger partial charge in [0.1, 0.15) is 0 Å². The summed E-state index contributed by atoms with van der Waals surface area (Å²) in [4.78, 5) is 14.5. The fourth-order valence-corrected chi connectivity index (χ4v) is 2.93. The smallest absolute Gasteiger partial charge is 0.252 e. The summed E-state index contributed by atoms with van der Waals surface area (Å²) < 4.78 is 11.3. The van der Waals surface area contributed by atoms with Crippen LogP contribution in [0.25, 0.3) is 0 Å². The molecule has 0 saturated carbocycles. The molecule has 0 heterocycles. The Bertz CT molecular complexity index is 732. The van der Waals surface area contributed by atoms with Gasteiger partial charge in [-0.05, 0) is 52.4 Å².